The van der Waals surface area contributed by atoms with Gasteiger partial charge in [-0.05, 0) is 40.1 Å². The van der Waals surface area contributed by atoms with E-state index in [0.29, 0.717) is 22.3 Å². The molecule has 0 amide bonds. The number of carbonyl (C=O) groups is 5. The Bertz CT molecular complexity index is 1390. The normalized spacial score (nSPS) is 23.8. The van der Waals surface area contributed by atoms with Crippen LogP contribution in [0.2, 0.25) is 0 Å². The first-order valence-electron chi connectivity index (χ1n) is 13.0. The van der Waals surface area contributed by atoms with E-state index >= 15 is 0 Å². The molecular formula is C30H32O8. The average Bonchev–Trinajstić information content (AvgIpc) is 3.12. The molecule has 0 heterocycles. The molecule has 0 spiro atoms. The van der Waals surface area contributed by atoms with E-state index in [4.69, 9.17) is 14.2 Å². The number of carbonyl (C=O) groups excluding carboxylic acids is 5. The van der Waals surface area contributed by atoms with E-state index in [-0.39, 0.29) is 37.4 Å². The van der Waals surface area contributed by atoms with Crippen LogP contribution in [0.3, 0.4) is 0 Å². The lowest BCUT2D eigenvalue weighted by Gasteiger charge is -2.47. The van der Waals surface area contributed by atoms with Crippen molar-refractivity contribution in [3.05, 3.63) is 47.5 Å². The molecule has 2 aliphatic rings. The first kappa shape index (κ1) is 27.2. The smallest absolute Gasteiger partial charge is 0.310 e. The van der Waals surface area contributed by atoms with E-state index in [9.17, 15) is 24.0 Å². The highest BCUT2D eigenvalue weighted by Crippen LogP contribution is 2.61. The predicted molar refractivity (Wildman–Crippen MR) is 139 cm³/mol. The van der Waals surface area contributed by atoms with Crippen LogP contribution in [0.15, 0.2) is 36.4 Å². The van der Waals surface area contributed by atoms with Crippen molar-refractivity contribution in [3.63, 3.8) is 0 Å². The molecule has 0 fully saturated rings. The summed E-state index contributed by atoms with van der Waals surface area (Å²) in [6.07, 6.45) is 2.20. The van der Waals surface area contributed by atoms with E-state index in [1.165, 1.54) is 0 Å². The predicted octanol–water partition coefficient (Wildman–Crippen LogP) is 5.00. The summed E-state index contributed by atoms with van der Waals surface area (Å²) in [7, 11) is 0. The molecule has 0 N–H and O–H groups in total. The van der Waals surface area contributed by atoms with Crippen LogP contribution in [-0.4, -0.2) is 41.7 Å². The zero-order valence-corrected chi connectivity index (χ0v) is 22.3. The van der Waals surface area contributed by atoms with Gasteiger partial charge in [0.15, 0.2) is 18.0 Å². The van der Waals surface area contributed by atoms with E-state index in [1.807, 2.05) is 18.2 Å². The fraction of sp³-hybridized carbons (Fsp3) is 0.433. The number of Topliss-reactive ketones (excluding diaryl/α,β-unsaturated/α-hetero) is 2. The van der Waals surface area contributed by atoms with Crippen molar-refractivity contribution in [3.8, 4) is 5.75 Å². The number of hydrogen-bond donors (Lipinski definition) is 0. The second kappa shape index (κ2) is 10.2. The Morgan fingerprint density at radius 2 is 1.63 bits per heavy atom. The van der Waals surface area contributed by atoms with Crippen LogP contribution in [0.25, 0.3) is 16.3 Å². The molecule has 8 nitrogen and oxygen atoms in total. The first-order chi connectivity index (χ1) is 18.0. The third-order valence-electron chi connectivity index (χ3n) is 7.70. The summed E-state index contributed by atoms with van der Waals surface area (Å²) in [6, 6.07) is 8.78. The van der Waals surface area contributed by atoms with Gasteiger partial charge < -0.3 is 14.2 Å². The summed E-state index contributed by atoms with van der Waals surface area (Å²) < 4.78 is 16.4. The largest absolute Gasteiger partial charge is 0.457 e. The third kappa shape index (κ3) is 4.22. The second-order valence-electron chi connectivity index (χ2n) is 10.0. The molecule has 0 unspecified atom stereocenters. The Morgan fingerprint density at radius 1 is 0.947 bits per heavy atom. The van der Waals surface area contributed by atoms with Gasteiger partial charge in [0.1, 0.15) is 5.75 Å². The Labute approximate surface area is 221 Å². The molecular weight excluding hydrogens is 488 g/mol. The molecule has 0 aliphatic heterocycles. The van der Waals surface area contributed by atoms with E-state index < -0.39 is 41.3 Å². The molecule has 0 radical (unpaired) electrons. The van der Waals surface area contributed by atoms with Gasteiger partial charge in [-0.25, -0.2) is 0 Å². The number of rotatable bonds is 8. The van der Waals surface area contributed by atoms with Crippen molar-refractivity contribution in [1.82, 2.24) is 0 Å². The molecule has 4 rings (SSSR count). The van der Waals surface area contributed by atoms with Gasteiger partial charge in [-0.2, -0.15) is 0 Å². The van der Waals surface area contributed by atoms with Crippen LogP contribution in [0, 0.1) is 11.3 Å². The van der Waals surface area contributed by atoms with Crippen molar-refractivity contribution in [1.29, 1.82) is 0 Å². The van der Waals surface area contributed by atoms with Gasteiger partial charge >= 0.3 is 17.9 Å². The Morgan fingerprint density at radius 3 is 2.29 bits per heavy atom. The number of esters is 3. The molecule has 2 aromatic carbocycles. The molecule has 38 heavy (non-hydrogen) atoms. The van der Waals surface area contributed by atoms with Crippen LogP contribution >= 0.6 is 0 Å². The van der Waals surface area contributed by atoms with E-state index in [1.54, 1.807) is 52.8 Å². The van der Waals surface area contributed by atoms with Crippen molar-refractivity contribution in [2.24, 2.45) is 11.3 Å². The molecule has 0 saturated heterocycles. The highest BCUT2D eigenvalue weighted by Gasteiger charge is 2.66. The van der Waals surface area contributed by atoms with Crippen LogP contribution in [0.4, 0.5) is 0 Å². The van der Waals surface area contributed by atoms with Gasteiger partial charge in [0.05, 0.1) is 0 Å². The fourth-order valence-corrected chi connectivity index (χ4v) is 5.81. The van der Waals surface area contributed by atoms with Crippen molar-refractivity contribution in [2.45, 2.75) is 65.9 Å². The minimum atomic E-state index is -1.70. The number of fused-ring (bicyclic) bond motifs is 5. The second-order valence-corrected chi connectivity index (χ2v) is 10.0. The number of benzene rings is 2. The van der Waals surface area contributed by atoms with Crippen LogP contribution in [0.1, 0.15) is 76.2 Å². The highest BCUT2D eigenvalue weighted by atomic mass is 16.6. The number of ketones is 2. The van der Waals surface area contributed by atoms with Crippen molar-refractivity contribution in [2.75, 3.05) is 6.61 Å². The molecule has 3 atom stereocenters. The zero-order valence-electron chi connectivity index (χ0n) is 22.3. The third-order valence-corrected chi connectivity index (χ3v) is 7.70. The molecule has 0 saturated carbocycles. The summed E-state index contributed by atoms with van der Waals surface area (Å²) >= 11 is 0. The van der Waals surface area contributed by atoms with Crippen molar-refractivity contribution < 1.29 is 38.2 Å². The van der Waals surface area contributed by atoms with Gasteiger partial charge in [0.25, 0.3) is 0 Å². The standard InChI is InChI=1S/C30H32O8/c1-6-25(33)36-16-24(32)30(38-27(35)8-3)17(4)13-22-21-11-9-18-14-19(37-26(34)7-2)10-12-20(18)28(21)23(31)15-29(22,30)5/h9-14,17H,6-8,15-16H2,1-5H3/t17-,29+,30-/m1/s1. The Balaban J connectivity index is 1.83. The van der Waals surface area contributed by atoms with Gasteiger partial charge in [-0.1, -0.05) is 52.8 Å². The monoisotopic (exact) mass is 520 g/mol. The summed E-state index contributed by atoms with van der Waals surface area (Å²) in [4.78, 5) is 63.7. The van der Waals surface area contributed by atoms with E-state index in [0.717, 1.165) is 11.0 Å². The minimum absolute atomic E-state index is 0.0437. The van der Waals surface area contributed by atoms with Crippen molar-refractivity contribution >= 4 is 45.8 Å². The summed E-state index contributed by atoms with van der Waals surface area (Å²) in [5, 5.41) is 1.44. The molecule has 200 valence electrons. The van der Waals surface area contributed by atoms with Crippen LogP contribution < -0.4 is 4.74 Å². The van der Waals surface area contributed by atoms with Crippen LogP contribution in [0.5, 0.6) is 5.75 Å². The van der Waals surface area contributed by atoms with Gasteiger partial charge in [-0.15, -0.1) is 0 Å². The topological polar surface area (TPSA) is 113 Å². The maximum absolute atomic E-state index is 13.8. The average molecular weight is 521 g/mol. The maximum atomic E-state index is 13.8. The Hall–Kier alpha value is -3.81. The minimum Gasteiger partial charge on any atom is -0.457 e. The van der Waals surface area contributed by atoms with E-state index in [2.05, 4.69) is 0 Å². The van der Waals surface area contributed by atoms with Gasteiger partial charge in [0, 0.05) is 42.6 Å². The quantitative estimate of drug-likeness (QED) is 0.353. The number of hydrogen-bond acceptors (Lipinski definition) is 8. The lowest BCUT2D eigenvalue weighted by atomic mass is 9.60. The summed E-state index contributed by atoms with van der Waals surface area (Å²) in [6.45, 7) is 7.96. The molecule has 2 aliphatic carbocycles. The molecule has 0 aromatic heterocycles. The summed E-state index contributed by atoms with van der Waals surface area (Å²) in [5.74, 6) is -2.41. The molecule has 8 heteroatoms. The SMILES string of the molecule is CCC(=O)OCC(=O)[C@]1(OC(=O)CC)[C@H](C)C=C2c3ccc4cc(OC(=O)CC)ccc4c3C(=O)C[C@@]21C. The molecule has 0 bridgehead atoms. The zero-order chi connectivity index (χ0) is 27.8. The maximum Gasteiger partial charge on any atom is 0.310 e. The highest BCUT2D eigenvalue weighted by molar-refractivity contribution is 6.17. The Kier molecular flexibility index (Phi) is 7.28. The lowest BCUT2D eigenvalue weighted by Crippen LogP contribution is -2.59. The summed E-state index contributed by atoms with van der Waals surface area (Å²) in [5.41, 5.74) is -0.962. The van der Waals surface area contributed by atoms with Gasteiger partial charge in [-0.3, -0.25) is 24.0 Å². The van der Waals surface area contributed by atoms with Gasteiger partial charge in [0.2, 0.25) is 5.78 Å². The first-order valence-corrected chi connectivity index (χ1v) is 13.0. The number of ether oxygens (including phenoxy) is 3. The fourth-order valence-electron chi connectivity index (χ4n) is 5.81. The van der Waals surface area contributed by atoms with Crippen LogP contribution in [-0.2, 0) is 28.7 Å². The lowest BCUT2D eigenvalue weighted by molar-refractivity contribution is -0.185. The molecule has 2 aromatic rings.